The molecule has 0 unspecified atom stereocenters. The van der Waals surface area contributed by atoms with Crippen molar-refractivity contribution in [1.82, 2.24) is 15.1 Å². The highest BCUT2D eigenvalue weighted by atomic mass is 16.5. The van der Waals surface area contributed by atoms with Crippen LogP contribution in [0.1, 0.15) is 51.1 Å². The maximum absolute atomic E-state index is 12.4. The van der Waals surface area contributed by atoms with Gasteiger partial charge < -0.3 is 14.5 Å². The van der Waals surface area contributed by atoms with Crippen molar-refractivity contribution in [3.8, 4) is 0 Å². The van der Waals surface area contributed by atoms with Crippen LogP contribution in [0.2, 0.25) is 0 Å². The summed E-state index contributed by atoms with van der Waals surface area (Å²) < 4.78 is 11.3. The zero-order valence-electron chi connectivity index (χ0n) is 17.6. The standard InChI is InChI=1S/C23H27N3O5/c1-16-8-9-20(31-16)19(25-11-13-30-14-12-25)15-24-21(27)7-4-10-26-22(28)17-5-2-3-6-18(17)23(26)29/h2-3,5-6,8-9,19H,4,7,10-15H2,1H3,(H,24,27)/t19-/m1/s1. The number of furan rings is 1. The van der Waals surface area contributed by atoms with Crippen LogP contribution in [0.3, 0.4) is 0 Å². The number of amides is 3. The van der Waals surface area contributed by atoms with E-state index in [9.17, 15) is 14.4 Å². The summed E-state index contributed by atoms with van der Waals surface area (Å²) in [5.74, 6) is 0.965. The molecule has 1 atom stereocenters. The lowest BCUT2D eigenvalue weighted by Crippen LogP contribution is -2.43. The molecule has 2 aliphatic heterocycles. The van der Waals surface area contributed by atoms with Crippen LogP contribution in [-0.4, -0.2) is 66.9 Å². The predicted molar refractivity (Wildman–Crippen MR) is 113 cm³/mol. The quantitative estimate of drug-likeness (QED) is 0.652. The number of carbonyl (C=O) groups is 3. The minimum atomic E-state index is -0.290. The fourth-order valence-electron chi connectivity index (χ4n) is 4.07. The number of carbonyl (C=O) groups excluding carboxylic acids is 3. The van der Waals surface area contributed by atoms with Gasteiger partial charge in [-0.15, -0.1) is 0 Å². The number of nitrogens with zero attached hydrogens (tertiary/aromatic N) is 2. The summed E-state index contributed by atoms with van der Waals surface area (Å²) in [5, 5.41) is 2.98. The van der Waals surface area contributed by atoms with E-state index in [0.29, 0.717) is 37.3 Å². The summed E-state index contributed by atoms with van der Waals surface area (Å²) >= 11 is 0. The van der Waals surface area contributed by atoms with Crippen molar-refractivity contribution in [1.29, 1.82) is 0 Å². The first-order valence-corrected chi connectivity index (χ1v) is 10.6. The summed E-state index contributed by atoms with van der Waals surface area (Å²) in [6.07, 6.45) is 0.653. The fraction of sp³-hybridized carbons (Fsp3) is 0.435. The number of fused-ring (bicyclic) bond motifs is 1. The number of rotatable bonds is 8. The second kappa shape index (κ2) is 9.45. The molecule has 1 aromatic carbocycles. The molecular weight excluding hydrogens is 398 g/mol. The van der Waals surface area contributed by atoms with Crippen LogP contribution in [0.5, 0.6) is 0 Å². The molecule has 1 fully saturated rings. The van der Waals surface area contributed by atoms with Crippen LogP contribution in [0.4, 0.5) is 0 Å². The van der Waals surface area contributed by atoms with Crippen LogP contribution in [-0.2, 0) is 9.53 Å². The number of hydrogen-bond donors (Lipinski definition) is 1. The lowest BCUT2D eigenvalue weighted by atomic mass is 10.1. The second-order valence-corrected chi connectivity index (χ2v) is 7.83. The first-order chi connectivity index (χ1) is 15.0. The molecule has 0 aliphatic carbocycles. The Bertz CT molecular complexity index is 929. The Balaban J connectivity index is 1.28. The molecule has 4 rings (SSSR count). The van der Waals surface area contributed by atoms with Gasteiger partial charge in [-0.25, -0.2) is 0 Å². The van der Waals surface area contributed by atoms with E-state index in [2.05, 4.69) is 10.2 Å². The van der Waals surface area contributed by atoms with Gasteiger partial charge in [-0.3, -0.25) is 24.2 Å². The average Bonchev–Trinajstić information content (AvgIpc) is 3.32. The fourth-order valence-corrected chi connectivity index (χ4v) is 4.07. The van der Waals surface area contributed by atoms with Crippen molar-refractivity contribution in [3.63, 3.8) is 0 Å². The van der Waals surface area contributed by atoms with Crippen molar-refractivity contribution in [2.45, 2.75) is 25.8 Å². The first kappa shape index (κ1) is 21.3. The Hall–Kier alpha value is -2.97. The third-order valence-electron chi connectivity index (χ3n) is 5.73. The summed E-state index contributed by atoms with van der Waals surface area (Å²) in [7, 11) is 0. The molecule has 1 saturated heterocycles. The zero-order chi connectivity index (χ0) is 21.8. The number of ether oxygens (including phenoxy) is 1. The van der Waals surface area contributed by atoms with Crippen LogP contribution >= 0.6 is 0 Å². The average molecular weight is 425 g/mol. The third-order valence-corrected chi connectivity index (χ3v) is 5.73. The van der Waals surface area contributed by atoms with Gasteiger partial charge in [0.25, 0.3) is 11.8 Å². The topological polar surface area (TPSA) is 92.1 Å². The molecule has 164 valence electrons. The number of imide groups is 1. The largest absolute Gasteiger partial charge is 0.465 e. The highest BCUT2D eigenvalue weighted by Crippen LogP contribution is 2.24. The van der Waals surface area contributed by atoms with E-state index >= 15 is 0 Å². The van der Waals surface area contributed by atoms with E-state index in [1.54, 1.807) is 24.3 Å². The summed E-state index contributed by atoms with van der Waals surface area (Å²) in [5.41, 5.74) is 0.859. The van der Waals surface area contributed by atoms with Crippen LogP contribution in [0.15, 0.2) is 40.8 Å². The minimum Gasteiger partial charge on any atom is -0.465 e. The van der Waals surface area contributed by atoms with Gasteiger partial charge in [-0.05, 0) is 37.6 Å². The van der Waals surface area contributed by atoms with Crippen molar-refractivity contribution in [2.24, 2.45) is 0 Å². The molecule has 31 heavy (non-hydrogen) atoms. The van der Waals surface area contributed by atoms with Crippen molar-refractivity contribution in [3.05, 3.63) is 59.0 Å². The molecule has 2 aliphatic rings. The van der Waals surface area contributed by atoms with Crippen molar-refractivity contribution >= 4 is 17.7 Å². The Morgan fingerprint density at radius 2 is 1.74 bits per heavy atom. The summed E-state index contributed by atoms with van der Waals surface area (Å²) in [6.45, 7) is 5.43. The molecule has 1 N–H and O–H groups in total. The lowest BCUT2D eigenvalue weighted by Gasteiger charge is -2.33. The van der Waals surface area contributed by atoms with Crippen LogP contribution < -0.4 is 5.32 Å². The third kappa shape index (κ3) is 4.70. The Morgan fingerprint density at radius 3 is 2.35 bits per heavy atom. The van der Waals surface area contributed by atoms with Gasteiger partial charge in [-0.1, -0.05) is 12.1 Å². The number of nitrogens with one attached hydrogen (secondary N) is 1. The predicted octanol–water partition coefficient (Wildman–Crippen LogP) is 2.15. The van der Waals surface area contributed by atoms with Gasteiger partial charge in [0.1, 0.15) is 11.5 Å². The van der Waals surface area contributed by atoms with E-state index < -0.39 is 0 Å². The Kier molecular flexibility index (Phi) is 6.48. The Morgan fingerprint density at radius 1 is 1.06 bits per heavy atom. The molecule has 8 nitrogen and oxygen atoms in total. The van der Waals surface area contributed by atoms with E-state index in [1.807, 2.05) is 19.1 Å². The maximum atomic E-state index is 12.4. The van der Waals surface area contributed by atoms with Gasteiger partial charge in [0, 0.05) is 32.6 Å². The minimum absolute atomic E-state index is 0.0576. The van der Waals surface area contributed by atoms with Crippen molar-refractivity contribution < 1.29 is 23.5 Å². The highest BCUT2D eigenvalue weighted by Gasteiger charge is 2.34. The van der Waals surface area contributed by atoms with Crippen LogP contribution in [0.25, 0.3) is 0 Å². The molecule has 0 radical (unpaired) electrons. The molecule has 8 heteroatoms. The summed E-state index contributed by atoms with van der Waals surface area (Å²) in [4.78, 5) is 40.7. The SMILES string of the molecule is Cc1ccc([C@@H](CNC(=O)CCCN2C(=O)c3ccccc3C2=O)N2CCOCC2)o1. The monoisotopic (exact) mass is 425 g/mol. The van der Waals surface area contributed by atoms with Gasteiger partial charge in [0.15, 0.2) is 0 Å². The molecule has 0 saturated carbocycles. The van der Waals surface area contributed by atoms with E-state index in [4.69, 9.17) is 9.15 Å². The number of hydrogen-bond acceptors (Lipinski definition) is 6. The molecular formula is C23H27N3O5. The highest BCUT2D eigenvalue weighted by molar-refractivity contribution is 6.21. The lowest BCUT2D eigenvalue weighted by molar-refractivity contribution is -0.121. The maximum Gasteiger partial charge on any atom is 0.261 e. The number of aryl methyl sites for hydroxylation is 1. The molecule has 3 amide bonds. The number of benzene rings is 1. The van der Waals surface area contributed by atoms with Crippen molar-refractivity contribution in [2.75, 3.05) is 39.4 Å². The van der Waals surface area contributed by atoms with Gasteiger partial charge >= 0.3 is 0 Å². The molecule has 0 spiro atoms. The molecule has 3 heterocycles. The Labute approximate surface area is 181 Å². The second-order valence-electron chi connectivity index (χ2n) is 7.83. The smallest absolute Gasteiger partial charge is 0.261 e. The van der Waals surface area contributed by atoms with Crippen LogP contribution in [0, 0.1) is 6.92 Å². The van der Waals surface area contributed by atoms with E-state index in [-0.39, 0.29) is 36.7 Å². The number of morpholine rings is 1. The van der Waals surface area contributed by atoms with Gasteiger partial charge in [0.05, 0.1) is 30.4 Å². The first-order valence-electron chi connectivity index (χ1n) is 10.6. The normalized spacial score (nSPS) is 17.6. The molecule has 2 aromatic rings. The zero-order valence-corrected chi connectivity index (χ0v) is 17.6. The summed E-state index contributed by atoms with van der Waals surface area (Å²) in [6, 6.07) is 10.6. The molecule has 0 bridgehead atoms. The van der Waals surface area contributed by atoms with Gasteiger partial charge in [-0.2, -0.15) is 0 Å². The van der Waals surface area contributed by atoms with E-state index in [1.165, 1.54) is 4.90 Å². The van der Waals surface area contributed by atoms with E-state index in [0.717, 1.165) is 24.6 Å². The van der Waals surface area contributed by atoms with Gasteiger partial charge in [0.2, 0.25) is 5.91 Å². The molecule has 1 aromatic heterocycles.